The maximum absolute atomic E-state index is 12.4. The molecule has 33 heavy (non-hydrogen) atoms. The molecule has 1 aromatic heterocycles. The van der Waals surface area contributed by atoms with Crippen molar-refractivity contribution < 1.29 is 18.5 Å². The quantitative estimate of drug-likeness (QED) is 0.217. The van der Waals surface area contributed by atoms with Gasteiger partial charge in [-0.25, -0.2) is 0 Å². The number of aromatic nitrogens is 1. The van der Waals surface area contributed by atoms with Crippen LogP contribution in [0.3, 0.4) is 0 Å². The van der Waals surface area contributed by atoms with Crippen LogP contribution in [-0.4, -0.2) is 44.9 Å². The Balaban J connectivity index is 1.53. The number of fused-ring (bicyclic) bond motifs is 1. The lowest BCUT2D eigenvalue weighted by atomic mass is 10.1. The number of aromatic amines is 1. The third kappa shape index (κ3) is 7.96. The highest BCUT2D eigenvalue weighted by molar-refractivity contribution is 7.84. The minimum atomic E-state index is -0.780. The summed E-state index contributed by atoms with van der Waals surface area (Å²) >= 11 is 5.26. The first-order valence-corrected chi connectivity index (χ1v) is 12.9. The molecule has 3 aromatic rings. The highest BCUT2D eigenvalue weighted by atomic mass is 32.2. The van der Waals surface area contributed by atoms with Crippen molar-refractivity contribution in [3.8, 4) is 5.75 Å². The van der Waals surface area contributed by atoms with Gasteiger partial charge in [0.1, 0.15) is 18.4 Å². The van der Waals surface area contributed by atoms with Gasteiger partial charge >= 0.3 is 5.97 Å². The van der Waals surface area contributed by atoms with Gasteiger partial charge in [-0.1, -0.05) is 30.3 Å². The molecule has 1 unspecified atom stereocenters. The second-order valence-corrected chi connectivity index (χ2v) is 9.65. The van der Waals surface area contributed by atoms with E-state index in [9.17, 15) is 9.00 Å². The van der Waals surface area contributed by atoms with Gasteiger partial charge in [0.2, 0.25) is 0 Å². The Morgan fingerprint density at radius 3 is 2.76 bits per heavy atom. The van der Waals surface area contributed by atoms with Gasteiger partial charge in [0.05, 0.1) is 0 Å². The number of hydrogen-bond acceptors (Lipinski definition) is 6. The Morgan fingerprint density at radius 2 is 2.00 bits per heavy atom. The van der Waals surface area contributed by atoms with E-state index >= 15 is 0 Å². The fraction of sp³-hybridized carbons (Fsp3) is 0.333. The Morgan fingerprint density at radius 1 is 1.21 bits per heavy atom. The fourth-order valence-electron chi connectivity index (χ4n) is 3.31. The zero-order chi connectivity index (χ0) is 23.6. The second kappa shape index (κ2) is 12.5. The van der Waals surface area contributed by atoms with Crippen molar-refractivity contribution in [2.24, 2.45) is 5.73 Å². The summed E-state index contributed by atoms with van der Waals surface area (Å²) in [4.78, 5) is 15.5. The smallest absolute Gasteiger partial charge is 0.323 e. The van der Waals surface area contributed by atoms with Crippen molar-refractivity contribution in [3.63, 3.8) is 0 Å². The summed E-state index contributed by atoms with van der Waals surface area (Å²) in [5.41, 5.74) is 8.83. The Kier molecular flexibility index (Phi) is 9.41. The average molecular weight is 488 g/mol. The Hall–Kier alpha value is -2.75. The molecule has 0 fully saturated rings. The van der Waals surface area contributed by atoms with Crippen molar-refractivity contribution in [3.05, 3.63) is 65.9 Å². The normalized spacial score (nSPS) is 12.8. The van der Waals surface area contributed by atoms with E-state index in [2.05, 4.69) is 10.3 Å². The monoisotopic (exact) mass is 487 g/mol. The molecule has 0 bridgehead atoms. The molecule has 9 heteroatoms. The SMILES string of the molecule is CS(=O)CCCCNC(=S)Oc1ccc2[nH]cc(C[C@H](N)C(=O)OCc3ccccc3)c2c1. The molecular weight excluding hydrogens is 458 g/mol. The van der Waals surface area contributed by atoms with E-state index < -0.39 is 22.8 Å². The first-order valence-electron chi connectivity index (χ1n) is 10.7. The second-order valence-electron chi connectivity index (χ2n) is 7.73. The van der Waals surface area contributed by atoms with Gasteiger partial charge in [-0.2, -0.15) is 0 Å². The van der Waals surface area contributed by atoms with E-state index in [-0.39, 0.29) is 11.8 Å². The molecule has 4 N–H and O–H groups in total. The summed E-state index contributed by atoms with van der Waals surface area (Å²) in [5, 5.41) is 4.25. The zero-order valence-electron chi connectivity index (χ0n) is 18.5. The van der Waals surface area contributed by atoms with Gasteiger partial charge in [-0.3, -0.25) is 9.00 Å². The average Bonchev–Trinajstić information content (AvgIpc) is 3.19. The van der Waals surface area contributed by atoms with Crippen LogP contribution in [0.4, 0.5) is 0 Å². The van der Waals surface area contributed by atoms with E-state index in [0.717, 1.165) is 34.9 Å². The lowest BCUT2D eigenvalue weighted by molar-refractivity contribution is -0.146. The van der Waals surface area contributed by atoms with Crippen LogP contribution in [0.5, 0.6) is 5.75 Å². The summed E-state index contributed by atoms with van der Waals surface area (Å²) < 4.78 is 22.2. The van der Waals surface area contributed by atoms with Crippen molar-refractivity contribution >= 4 is 45.1 Å². The predicted molar refractivity (Wildman–Crippen MR) is 136 cm³/mol. The minimum absolute atomic E-state index is 0.194. The van der Waals surface area contributed by atoms with E-state index in [1.807, 2.05) is 54.7 Å². The fourth-order valence-corrected chi connectivity index (χ4v) is 4.12. The molecule has 0 saturated carbocycles. The molecule has 7 nitrogen and oxygen atoms in total. The number of benzene rings is 2. The molecule has 0 aliphatic rings. The van der Waals surface area contributed by atoms with Crippen molar-refractivity contribution in [2.75, 3.05) is 18.6 Å². The summed E-state index contributed by atoms with van der Waals surface area (Å²) in [6.07, 6.45) is 5.60. The van der Waals surface area contributed by atoms with Crippen LogP contribution in [-0.2, 0) is 33.4 Å². The minimum Gasteiger partial charge on any atom is -0.460 e. The van der Waals surface area contributed by atoms with Gasteiger partial charge in [-0.15, -0.1) is 0 Å². The van der Waals surface area contributed by atoms with Crippen LogP contribution < -0.4 is 15.8 Å². The van der Waals surface area contributed by atoms with E-state index in [1.54, 1.807) is 6.26 Å². The number of unbranched alkanes of at least 4 members (excludes halogenated alkanes) is 1. The number of carbonyl (C=O) groups is 1. The zero-order valence-corrected chi connectivity index (χ0v) is 20.2. The molecule has 0 aliphatic heterocycles. The number of rotatable bonds is 11. The molecule has 3 rings (SSSR count). The molecule has 2 atom stereocenters. The Labute approximate surface area is 201 Å². The van der Waals surface area contributed by atoms with Gasteiger partial charge in [-0.05, 0) is 54.4 Å². The third-order valence-electron chi connectivity index (χ3n) is 5.04. The third-order valence-corrected chi connectivity index (χ3v) is 6.14. The van der Waals surface area contributed by atoms with Crippen molar-refractivity contribution in [2.45, 2.75) is 31.9 Å². The first-order chi connectivity index (χ1) is 15.9. The van der Waals surface area contributed by atoms with Crippen LogP contribution in [0.2, 0.25) is 0 Å². The summed E-state index contributed by atoms with van der Waals surface area (Å²) in [6, 6.07) is 14.3. The van der Waals surface area contributed by atoms with E-state index in [0.29, 0.717) is 24.5 Å². The summed E-state index contributed by atoms with van der Waals surface area (Å²) in [6.45, 7) is 0.855. The molecule has 0 amide bonds. The molecule has 0 aliphatic carbocycles. The molecule has 1 heterocycles. The molecule has 2 aromatic carbocycles. The highest BCUT2D eigenvalue weighted by Crippen LogP contribution is 2.25. The van der Waals surface area contributed by atoms with Gasteiger partial charge in [0.25, 0.3) is 5.17 Å². The number of H-pyrrole nitrogens is 1. The first kappa shape index (κ1) is 24.9. The topological polar surface area (TPSA) is 106 Å². The van der Waals surface area contributed by atoms with Crippen molar-refractivity contribution in [1.82, 2.24) is 10.3 Å². The number of hydrogen-bond donors (Lipinski definition) is 3. The lowest BCUT2D eigenvalue weighted by Crippen LogP contribution is -2.34. The lowest BCUT2D eigenvalue weighted by Gasteiger charge is -2.12. The number of thiocarbonyl (C=S) groups is 1. The number of carbonyl (C=O) groups excluding carboxylic acids is 1. The van der Waals surface area contributed by atoms with Gasteiger partial charge in [0, 0.05) is 52.9 Å². The largest absolute Gasteiger partial charge is 0.460 e. The summed E-state index contributed by atoms with van der Waals surface area (Å²) in [5.74, 6) is 0.832. The Bertz CT molecular complexity index is 1100. The molecule has 0 radical (unpaired) electrons. The molecule has 0 spiro atoms. The number of ether oxygens (including phenoxy) is 2. The standard InChI is InChI=1S/C24H29N3O4S2/c1-33(29)12-6-5-11-26-24(32)31-19-9-10-22-20(14-19)18(15-27-22)13-21(25)23(28)30-16-17-7-3-2-4-8-17/h2-4,7-10,14-15,21,27H,5-6,11-13,16,25H2,1H3,(H,26,32)/t21-,33?/m0/s1. The highest BCUT2D eigenvalue weighted by Gasteiger charge is 2.18. The maximum atomic E-state index is 12.4. The number of nitrogens with two attached hydrogens (primary N) is 1. The van der Waals surface area contributed by atoms with Gasteiger partial charge in [0.15, 0.2) is 0 Å². The molecule has 176 valence electrons. The van der Waals surface area contributed by atoms with Crippen molar-refractivity contribution in [1.29, 1.82) is 0 Å². The van der Waals surface area contributed by atoms with Gasteiger partial charge < -0.3 is 25.5 Å². The van der Waals surface area contributed by atoms with Crippen LogP contribution in [0, 0.1) is 0 Å². The van der Waals surface area contributed by atoms with E-state index in [1.165, 1.54) is 0 Å². The van der Waals surface area contributed by atoms with Crippen LogP contribution in [0.1, 0.15) is 24.0 Å². The molecular formula is C24H29N3O4S2. The predicted octanol–water partition coefficient (Wildman–Crippen LogP) is 3.19. The summed E-state index contributed by atoms with van der Waals surface area (Å²) in [7, 11) is -0.774. The molecule has 0 saturated heterocycles. The van der Waals surface area contributed by atoms with E-state index in [4.69, 9.17) is 27.4 Å². The number of nitrogens with one attached hydrogen (secondary N) is 2. The van der Waals surface area contributed by atoms with Crippen LogP contribution >= 0.6 is 12.2 Å². The van der Waals surface area contributed by atoms with Crippen LogP contribution in [0.25, 0.3) is 10.9 Å². The number of esters is 1. The van der Waals surface area contributed by atoms with Crippen LogP contribution in [0.15, 0.2) is 54.7 Å². The maximum Gasteiger partial charge on any atom is 0.323 e.